The molecule has 0 bridgehead atoms. The summed E-state index contributed by atoms with van der Waals surface area (Å²) in [5, 5.41) is 12.0. The van der Waals surface area contributed by atoms with Crippen molar-refractivity contribution in [1.82, 2.24) is 5.32 Å². The molecule has 2 aromatic carbocycles. The first-order valence-corrected chi connectivity index (χ1v) is 10.1. The van der Waals surface area contributed by atoms with Gasteiger partial charge in [-0.05, 0) is 66.6 Å². The van der Waals surface area contributed by atoms with Crippen LogP contribution in [0.15, 0.2) is 46.3 Å². The number of hydrogen-bond donors (Lipinski definition) is 2. The molecule has 30 heavy (non-hydrogen) atoms. The Bertz CT molecular complexity index is 1050. The second kappa shape index (κ2) is 9.49. The van der Waals surface area contributed by atoms with Gasteiger partial charge in [-0.15, -0.1) is 0 Å². The molecule has 1 heterocycles. The van der Waals surface area contributed by atoms with Gasteiger partial charge >= 0.3 is 5.97 Å². The number of carbonyl (C=O) groups excluding carboxylic acids is 1. The van der Waals surface area contributed by atoms with Crippen LogP contribution in [0.4, 0.5) is 5.69 Å². The van der Waals surface area contributed by atoms with Gasteiger partial charge in [-0.3, -0.25) is 9.59 Å². The Morgan fingerprint density at radius 2 is 2.00 bits per heavy atom. The molecule has 0 aliphatic carbocycles. The lowest BCUT2D eigenvalue weighted by Crippen LogP contribution is -2.19. The Balaban J connectivity index is 1.78. The summed E-state index contributed by atoms with van der Waals surface area (Å²) in [7, 11) is 1.50. The number of thioether (sulfide) groups is 1. The maximum Gasteiger partial charge on any atom is 0.306 e. The van der Waals surface area contributed by atoms with E-state index < -0.39 is 5.97 Å². The third-order valence-corrected chi connectivity index (χ3v) is 5.21. The minimum absolute atomic E-state index is 0.0442. The number of aryl methyl sites for hydroxylation is 2. The Labute approximate surface area is 178 Å². The number of aliphatic carboxylic acids is 1. The summed E-state index contributed by atoms with van der Waals surface area (Å²) in [4.78, 5) is 28.1. The van der Waals surface area contributed by atoms with Crippen LogP contribution in [-0.4, -0.2) is 35.9 Å². The van der Waals surface area contributed by atoms with Gasteiger partial charge in [-0.25, -0.2) is 4.99 Å². The number of carbonyl (C=O) groups is 2. The van der Waals surface area contributed by atoms with Crippen LogP contribution in [0.25, 0.3) is 6.08 Å². The molecule has 1 aliphatic rings. The second-order valence-corrected chi connectivity index (χ2v) is 7.70. The first kappa shape index (κ1) is 21.4. The third kappa shape index (κ3) is 5.42. The van der Waals surface area contributed by atoms with Gasteiger partial charge in [0.25, 0.3) is 5.91 Å². The molecule has 0 spiro atoms. The molecule has 2 aromatic rings. The van der Waals surface area contributed by atoms with E-state index in [0.29, 0.717) is 21.6 Å². The van der Waals surface area contributed by atoms with E-state index in [1.807, 2.05) is 32.0 Å². The largest absolute Gasteiger partial charge is 0.493 e. The summed E-state index contributed by atoms with van der Waals surface area (Å²) >= 11 is 1.27. The molecule has 1 amide bonds. The number of nitrogens with zero attached hydrogens (tertiary/aromatic N) is 1. The fourth-order valence-corrected chi connectivity index (χ4v) is 3.56. The van der Waals surface area contributed by atoms with Crippen molar-refractivity contribution in [3.8, 4) is 11.5 Å². The maximum absolute atomic E-state index is 12.4. The lowest BCUT2D eigenvalue weighted by Gasteiger charge is -2.10. The maximum atomic E-state index is 12.4. The van der Waals surface area contributed by atoms with E-state index in [4.69, 9.17) is 14.6 Å². The smallest absolute Gasteiger partial charge is 0.306 e. The van der Waals surface area contributed by atoms with E-state index >= 15 is 0 Å². The number of aliphatic imine (C=N–C) groups is 1. The number of benzene rings is 2. The quantitative estimate of drug-likeness (QED) is 0.648. The molecule has 0 radical (unpaired) electrons. The molecule has 2 N–H and O–H groups in total. The molecule has 1 saturated heterocycles. The minimum Gasteiger partial charge on any atom is -0.493 e. The Hall–Kier alpha value is -3.26. The van der Waals surface area contributed by atoms with Crippen LogP contribution in [0.2, 0.25) is 0 Å². The summed E-state index contributed by atoms with van der Waals surface area (Å²) < 4.78 is 10.8. The predicted octanol–water partition coefficient (Wildman–Crippen LogP) is 4.06. The molecule has 0 unspecified atom stereocenters. The highest BCUT2D eigenvalue weighted by Gasteiger charge is 2.24. The number of carboxylic acid groups (broad SMARTS) is 1. The van der Waals surface area contributed by atoms with Gasteiger partial charge < -0.3 is 19.9 Å². The van der Waals surface area contributed by atoms with E-state index in [9.17, 15) is 9.59 Å². The van der Waals surface area contributed by atoms with Gasteiger partial charge in [0.2, 0.25) is 0 Å². The zero-order chi connectivity index (χ0) is 21.7. The van der Waals surface area contributed by atoms with Crippen molar-refractivity contribution in [3.05, 3.63) is 58.0 Å². The van der Waals surface area contributed by atoms with E-state index in [0.717, 1.165) is 22.4 Å². The van der Waals surface area contributed by atoms with Gasteiger partial charge in [0.1, 0.15) is 0 Å². The van der Waals surface area contributed by atoms with E-state index in [-0.39, 0.29) is 18.9 Å². The molecule has 1 aliphatic heterocycles. The Kier molecular flexibility index (Phi) is 6.79. The van der Waals surface area contributed by atoms with Crippen molar-refractivity contribution < 1.29 is 24.2 Å². The Morgan fingerprint density at radius 1 is 1.20 bits per heavy atom. The van der Waals surface area contributed by atoms with Crippen LogP contribution in [0.1, 0.15) is 23.1 Å². The molecule has 0 aromatic heterocycles. The zero-order valence-electron chi connectivity index (χ0n) is 16.9. The van der Waals surface area contributed by atoms with Crippen molar-refractivity contribution in [2.75, 3.05) is 13.7 Å². The van der Waals surface area contributed by atoms with Crippen LogP contribution in [0.3, 0.4) is 0 Å². The molecular weight excluding hydrogens is 404 g/mol. The van der Waals surface area contributed by atoms with E-state index in [2.05, 4.69) is 10.3 Å². The second-order valence-electron chi connectivity index (χ2n) is 6.67. The third-order valence-electron chi connectivity index (χ3n) is 4.30. The fraction of sp³-hybridized carbons (Fsp3) is 0.227. The summed E-state index contributed by atoms with van der Waals surface area (Å²) in [6, 6.07) is 11.2. The van der Waals surface area contributed by atoms with Gasteiger partial charge in [0, 0.05) is 0 Å². The number of carboxylic acids is 1. The summed E-state index contributed by atoms with van der Waals surface area (Å²) in [5.74, 6) is -0.244. The van der Waals surface area contributed by atoms with Crippen LogP contribution in [-0.2, 0) is 9.59 Å². The van der Waals surface area contributed by atoms with E-state index in [1.165, 1.54) is 18.9 Å². The number of ether oxygens (including phenoxy) is 2. The summed E-state index contributed by atoms with van der Waals surface area (Å²) in [6.45, 7) is 4.02. The highest BCUT2D eigenvalue weighted by atomic mass is 32.2. The van der Waals surface area contributed by atoms with Gasteiger partial charge in [-0.1, -0.05) is 18.2 Å². The van der Waals surface area contributed by atoms with Crippen molar-refractivity contribution in [1.29, 1.82) is 0 Å². The standard InChI is InChI=1S/C22H22N2O5S/c1-13-4-5-14(2)16(10-13)23-22-24-21(27)19(30-22)12-15-6-7-17(18(11-15)28-3)29-9-8-20(25)26/h4-7,10-12H,8-9H2,1-3H3,(H,25,26)(H,23,24,27)/b19-12+. The minimum atomic E-state index is -0.932. The average Bonchev–Trinajstić information content (AvgIpc) is 3.04. The number of nitrogens with one attached hydrogen (secondary N) is 1. The van der Waals surface area contributed by atoms with Crippen LogP contribution in [0, 0.1) is 13.8 Å². The van der Waals surface area contributed by atoms with Crippen molar-refractivity contribution >= 4 is 40.6 Å². The molecule has 3 rings (SSSR count). The monoisotopic (exact) mass is 426 g/mol. The molecule has 156 valence electrons. The van der Waals surface area contributed by atoms with Crippen LogP contribution in [0.5, 0.6) is 11.5 Å². The first-order valence-electron chi connectivity index (χ1n) is 9.25. The molecular formula is C22H22N2O5S. The number of rotatable bonds is 7. The topological polar surface area (TPSA) is 97.2 Å². The number of amidine groups is 1. The van der Waals surface area contributed by atoms with Crippen LogP contribution < -0.4 is 14.8 Å². The number of methoxy groups -OCH3 is 1. The Morgan fingerprint density at radius 3 is 2.73 bits per heavy atom. The predicted molar refractivity (Wildman–Crippen MR) is 117 cm³/mol. The summed E-state index contributed by atoms with van der Waals surface area (Å²) in [5.41, 5.74) is 3.71. The van der Waals surface area contributed by atoms with Crippen molar-refractivity contribution in [3.63, 3.8) is 0 Å². The number of hydrogen-bond acceptors (Lipinski definition) is 6. The molecule has 7 nitrogen and oxygen atoms in total. The van der Waals surface area contributed by atoms with Crippen molar-refractivity contribution in [2.45, 2.75) is 20.3 Å². The van der Waals surface area contributed by atoms with Gasteiger partial charge in [-0.2, -0.15) is 0 Å². The zero-order valence-corrected chi connectivity index (χ0v) is 17.7. The van der Waals surface area contributed by atoms with Gasteiger partial charge in [0.15, 0.2) is 16.7 Å². The highest BCUT2D eigenvalue weighted by Crippen LogP contribution is 2.32. The summed E-state index contributed by atoms with van der Waals surface area (Å²) in [6.07, 6.45) is 1.64. The first-order chi connectivity index (χ1) is 14.4. The lowest BCUT2D eigenvalue weighted by atomic mass is 10.1. The highest BCUT2D eigenvalue weighted by molar-refractivity contribution is 8.18. The lowest BCUT2D eigenvalue weighted by molar-refractivity contribution is -0.137. The van der Waals surface area contributed by atoms with E-state index in [1.54, 1.807) is 24.3 Å². The fourth-order valence-electron chi connectivity index (χ4n) is 2.72. The van der Waals surface area contributed by atoms with Crippen molar-refractivity contribution in [2.24, 2.45) is 4.99 Å². The molecule has 8 heteroatoms. The molecule has 0 saturated carbocycles. The van der Waals surface area contributed by atoms with Crippen LogP contribution >= 0.6 is 11.8 Å². The normalized spacial score (nSPS) is 16.0. The number of amides is 1. The average molecular weight is 426 g/mol. The SMILES string of the molecule is COc1cc(/C=C2/SC(=Nc3cc(C)ccc3C)NC2=O)ccc1OCCC(=O)O. The molecule has 1 fully saturated rings. The molecule has 0 atom stereocenters. The van der Waals surface area contributed by atoms with Gasteiger partial charge in [0.05, 0.1) is 30.7 Å².